The summed E-state index contributed by atoms with van der Waals surface area (Å²) in [5, 5.41) is 0.260. The summed E-state index contributed by atoms with van der Waals surface area (Å²) in [6, 6.07) is 27.0. The number of likely N-dealkylation sites (N-methyl/N-ethyl adjacent to an activating group) is 2. The number of carbonyl (C=O) groups is 2. The van der Waals surface area contributed by atoms with Crippen LogP contribution in [0.2, 0.25) is 0 Å². The standard InChI is InChI=1S/C33H27N3O2S/c1-3-34-31(37)28(32(38)35(4-2)33(34)39)19-18-24-20-23(22-12-6-5-7-13-22)21-30-27-16-9-8-14-25(27)26-15-10-11-17-29(26)36(24)30/h5-21H,3-4H2,1-2H3. The molecule has 0 spiro atoms. The van der Waals surface area contributed by atoms with Gasteiger partial charge in [0.05, 0.1) is 11.4 Å². The minimum atomic E-state index is -0.364. The molecule has 1 saturated heterocycles. The van der Waals surface area contributed by atoms with Crippen LogP contribution in [0.15, 0.2) is 114 Å². The number of amides is 2. The zero-order valence-corrected chi connectivity index (χ0v) is 22.6. The van der Waals surface area contributed by atoms with Gasteiger partial charge in [-0.25, -0.2) is 0 Å². The van der Waals surface area contributed by atoms with Gasteiger partial charge in [0.25, 0.3) is 11.8 Å². The predicted octanol–water partition coefficient (Wildman–Crippen LogP) is 6.42. The maximum atomic E-state index is 13.3. The molecule has 0 saturated carbocycles. The van der Waals surface area contributed by atoms with Crippen LogP contribution < -0.4 is 4.90 Å². The molecule has 3 heterocycles. The first-order valence-corrected chi connectivity index (χ1v) is 13.5. The van der Waals surface area contributed by atoms with Gasteiger partial charge in [-0.1, -0.05) is 72.8 Å². The van der Waals surface area contributed by atoms with Crippen molar-refractivity contribution in [3.8, 4) is 11.1 Å². The molecule has 192 valence electrons. The minimum Gasteiger partial charge on any atom is -0.309 e. The summed E-state index contributed by atoms with van der Waals surface area (Å²) in [6.07, 6.45) is 7.85. The zero-order chi connectivity index (χ0) is 27.1. The van der Waals surface area contributed by atoms with E-state index in [1.165, 1.54) is 15.4 Å². The molecule has 2 amide bonds. The lowest BCUT2D eigenvalue weighted by Gasteiger charge is -2.38. The van der Waals surface area contributed by atoms with Gasteiger partial charge in [-0.05, 0) is 73.1 Å². The summed E-state index contributed by atoms with van der Waals surface area (Å²) in [5.74, 6) is -0.727. The van der Waals surface area contributed by atoms with Crippen LogP contribution in [0.5, 0.6) is 0 Å². The minimum absolute atomic E-state index is 0.108. The highest BCUT2D eigenvalue weighted by Crippen LogP contribution is 2.48. The summed E-state index contributed by atoms with van der Waals surface area (Å²) < 4.78 is 0. The number of carbonyl (C=O) groups excluding carboxylic acids is 2. The molecule has 0 aromatic heterocycles. The van der Waals surface area contributed by atoms with Crippen molar-refractivity contribution in [3.63, 3.8) is 0 Å². The van der Waals surface area contributed by atoms with E-state index >= 15 is 0 Å². The van der Waals surface area contributed by atoms with Crippen molar-refractivity contribution >= 4 is 46.1 Å². The number of hydrogen-bond acceptors (Lipinski definition) is 4. The molecular weight excluding hydrogens is 502 g/mol. The van der Waals surface area contributed by atoms with Crippen molar-refractivity contribution < 1.29 is 9.59 Å². The van der Waals surface area contributed by atoms with E-state index in [0.717, 1.165) is 39.3 Å². The van der Waals surface area contributed by atoms with Gasteiger partial charge < -0.3 is 4.90 Å². The largest absolute Gasteiger partial charge is 0.309 e. The van der Waals surface area contributed by atoms with Crippen LogP contribution in [0.1, 0.15) is 25.0 Å². The molecule has 39 heavy (non-hydrogen) atoms. The fourth-order valence-electron chi connectivity index (χ4n) is 5.41. The fraction of sp³-hybridized carbons (Fsp3) is 0.121. The molecule has 3 aromatic rings. The highest BCUT2D eigenvalue weighted by Gasteiger charge is 2.38. The van der Waals surface area contributed by atoms with Crippen LogP contribution in [-0.2, 0) is 9.59 Å². The van der Waals surface area contributed by atoms with E-state index in [1.807, 2.05) is 50.3 Å². The molecule has 0 aliphatic carbocycles. The van der Waals surface area contributed by atoms with Crippen molar-refractivity contribution in [1.29, 1.82) is 0 Å². The van der Waals surface area contributed by atoms with Crippen LogP contribution in [0.25, 0.3) is 22.4 Å². The van der Waals surface area contributed by atoms with Gasteiger partial charge in [0.15, 0.2) is 5.11 Å². The summed E-state index contributed by atoms with van der Waals surface area (Å²) in [5.41, 5.74) is 8.62. The number of benzene rings is 3. The lowest BCUT2D eigenvalue weighted by molar-refractivity contribution is -0.133. The fourth-order valence-corrected chi connectivity index (χ4v) is 5.84. The molecule has 0 radical (unpaired) electrons. The molecule has 3 aliphatic rings. The topological polar surface area (TPSA) is 43.9 Å². The Kier molecular flexibility index (Phi) is 6.33. The van der Waals surface area contributed by atoms with E-state index in [2.05, 4.69) is 65.6 Å². The van der Waals surface area contributed by atoms with Gasteiger partial charge in [-0.2, -0.15) is 0 Å². The second kappa shape index (κ2) is 9.97. The lowest BCUT2D eigenvalue weighted by Crippen LogP contribution is -2.55. The molecule has 0 atom stereocenters. The van der Waals surface area contributed by atoms with Gasteiger partial charge >= 0.3 is 0 Å². The second-order valence-corrected chi connectivity index (χ2v) is 9.81. The molecule has 0 bridgehead atoms. The monoisotopic (exact) mass is 529 g/mol. The summed E-state index contributed by atoms with van der Waals surface area (Å²) in [6.45, 7) is 4.52. The second-order valence-electron chi connectivity index (χ2n) is 9.45. The Morgan fingerprint density at radius 2 is 1.28 bits per heavy atom. The van der Waals surface area contributed by atoms with E-state index in [4.69, 9.17) is 12.2 Å². The Labute approximate surface area is 233 Å². The maximum Gasteiger partial charge on any atom is 0.265 e. The Balaban J connectivity index is 1.55. The number of anilines is 1. The highest BCUT2D eigenvalue weighted by molar-refractivity contribution is 7.80. The molecule has 1 fully saturated rings. The molecule has 0 N–H and O–H groups in total. The van der Waals surface area contributed by atoms with Crippen molar-refractivity contribution in [2.24, 2.45) is 0 Å². The van der Waals surface area contributed by atoms with Crippen LogP contribution in [0, 0.1) is 0 Å². The number of para-hydroxylation sites is 1. The number of fused-ring (bicyclic) bond motifs is 6. The smallest absolute Gasteiger partial charge is 0.265 e. The van der Waals surface area contributed by atoms with Crippen molar-refractivity contribution in [1.82, 2.24) is 9.80 Å². The third-order valence-corrected chi connectivity index (χ3v) is 7.75. The maximum absolute atomic E-state index is 13.3. The first kappa shape index (κ1) is 24.8. The van der Waals surface area contributed by atoms with Crippen LogP contribution >= 0.6 is 12.2 Å². The third-order valence-electron chi connectivity index (χ3n) is 7.31. The van der Waals surface area contributed by atoms with E-state index in [0.29, 0.717) is 13.1 Å². The Hall–Kier alpha value is -4.55. The normalized spacial score (nSPS) is 17.5. The molecule has 0 unspecified atom stereocenters. The third kappa shape index (κ3) is 4.04. The average molecular weight is 530 g/mol. The Bertz CT molecular complexity index is 1620. The van der Waals surface area contributed by atoms with Crippen molar-refractivity contribution in [2.75, 3.05) is 18.0 Å². The van der Waals surface area contributed by atoms with Gasteiger partial charge in [0.2, 0.25) is 0 Å². The quantitative estimate of drug-likeness (QED) is 0.222. The number of nitrogens with zero attached hydrogens (tertiary/aromatic N) is 3. The molecule has 6 rings (SSSR count). The van der Waals surface area contributed by atoms with E-state index in [1.54, 1.807) is 6.08 Å². The van der Waals surface area contributed by atoms with Crippen LogP contribution in [-0.4, -0.2) is 39.8 Å². The first-order valence-electron chi connectivity index (χ1n) is 13.1. The number of thiocarbonyl (C=S) groups is 1. The predicted molar refractivity (Wildman–Crippen MR) is 160 cm³/mol. The van der Waals surface area contributed by atoms with Crippen molar-refractivity contribution in [3.05, 3.63) is 126 Å². The zero-order valence-electron chi connectivity index (χ0n) is 21.8. The van der Waals surface area contributed by atoms with Crippen molar-refractivity contribution in [2.45, 2.75) is 13.8 Å². The first-order chi connectivity index (χ1) is 19.0. The number of allylic oxidation sites excluding steroid dienone is 5. The number of hydrogen-bond donors (Lipinski definition) is 0. The average Bonchev–Trinajstić information content (AvgIpc) is 2.98. The molecular formula is C33H27N3O2S. The van der Waals surface area contributed by atoms with E-state index in [9.17, 15) is 9.59 Å². The van der Waals surface area contributed by atoms with Gasteiger partial charge in [-0.3, -0.25) is 19.4 Å². The van der Waals surface area contributed by atoms with Gasteiger partial charge in [0, 0.05) is 29.9 Å². The van der Waals surface area contributed by atoms with Gasteiger partial charge in [-0.15, -0.1) is 0 Å². The number of rotatable bonds is 4. The Morgan fingerprint density at radius 3 is 1.95 bits per heavy atom. The molecule has 5 nitrogen and oxygen atoms in total. The van der Waals surface area contributed by atoms with Crippen LogP contribution in [0.3, 0.4) is 0 Å². The molecule has 6 heteroatoms. The SMILES string of the molecule is CCN1C(=O)C(=CC=C2C=C(c3ccccc3)C=C3c4ccccc4-c4ccccc4N23)C(=O)N(CC)C1=S. The molecule has 3 aliphatic heterocycles. The summed E-state index contributed by atoms with van der Waals surface area (Å²) >= 11 is 5.43. The summed E-state index contributed by atoms with van der Waals surface area (Å²) in [4.78, 5) is 31.8. The van der Waals surface area contributed by atoms with Gasteiger partial charge in [0.1, 0.15) is 5.57 Å². The Morgan fingerprint density at radius 1 is 0.692 bits per heavy atom. The van der Waals surface area contributed by atoms with E-state index in [-0.39, 0.29) is 22.5 Å². The summed E-state index contributed by atoms with van der Waals surface area (Å²) in [7, 11) is 0. The van der Waals surface area contributed by atoms with E-state index < -0.39 is 0 Å². The highest BCUT2D eigenvalue weighted by atomic mass is 32.1. The lowest BCUT2D eigenvalue weighted by atomic mass is 9.87. The van der Waals surface area contributed by atoms with Crippen LogP contribution in [0.4, 0.5) is 5.69 Å². The molecule has 3 aromatic carbocycles.